The van der Waals surface area contributed by atoms with Crippen LogP contribution in [0.15, 0.2) is 65.6 Å². The Kier molecular flexibility index (Phi) is 5.21. The summed E-state index contributed by atoms with van der Waals surface area (Å²) in [5.74, 6) is -0.494. The second kappa shape index (κ2) is 8.47. The van der Waals surface area contributed by atoms with Gasteiger partial charge < -0.3 is 30.5 Å². The van der Waals surface area contributed by atoms with Crippen molar-refractivity contribution in [2.45, 2.75) is 6.42 Å². The van der Waals surface area contributed by atoms with E-state index in [4.69, 9.17) is 20.3 Å². The average molecular weight is 533 g/mol. The number of aromatic hydroxyl groups is 2. The lowest BCUT2D eigenvalue weighted by atomic mass is 10.00. The zero-order chi connectivity index (χ0) is 25.8. The Bertz CT molecular complexity index is 1830. The summed E-state index contributed by atoms with van der Waals surface area (Å²) in [6, 6.07) is 10.2. The summed E-state index contributed by atoms with van der Waals surface area (Å²) in [7, 11) is 0. The predicted molar refractivity (Wildman–Crippen MR) is 142 cm³/mol. The quantitative estimate of drug-likeness (QED) is 0.239. The summed E-state index contributed by atoms with van der Waals surface area (Å²) >= 11 is 2.30. The fourth-order valence-corrected chi connectivity index (χ4v) is 5.29. The molecule has 12 heteroatoms. The van der Waals surface area contributed by atoms with Crippen LogP contribution in [0, 0.1) is 0 Å². The van der Waals surface area contributed by atoms with Gasteiger partial charge in [-0.25, -0.2) is 19.6 Å². The zero-order valence-corrected chi connectivity index (χ0v) is 20.4. The van der Waals surface area contributed by atoms with Gasteiger partial charge in [-0.15, -0.1) is 22.7 Å². The molecule has 0 saturated heterocycles. The standard InChI is InChI=1S/C25H16N4O6S2/c26-24-28-14(8-36-24)18-20(30)12-6-10(1-3-16(12)34-22(18)32)5-11-2-4-17-13(7-11)21(31)19(23(33)35-17)15-9-37-25(27)29-15/h1-4,6-9,30-31H,5H2,(H2,26,28)(H2,27,29). The van der Waals surface area contributed by atoms with Gasteiger partial charge in [0.1, 0.15) is 33.8 Å². The first-order chi connectivity index (χ1) is 17.8. The summed E-state index contributed by atoms with van der Waals surface area (Å²) in [6.45, 7) is 0. The van der Waals surface area contributed by atoms with Crippen LogP contribution in [0.4, 0.5) is 10.3 Å². The maximum atomic E-state index is 12.5. The van der Waals surface area contributed by atoms with Crippen LogP contribution in [0.25, 0.3) is 44.5 Å². The number of nitrogens with zero attached hydrogens (tertiary/aromatic N) is 2. The van der Waals surface area contributed by atoms with Gasteiger partial charge in [-0.2, -0.15) is 0 Å². The second-order valence-corrected chi connectivity index (χ2v) is 9.99. The summed E-state index contributed by atoms with van der Waals surface area (Å²) in [6.07, 6.45) is 0.404. The van der Waals surface area contributed by atoms with E-state index in [1.54, 1.807) is 47.2 Å². The van der Waals surface area contributed by atoms with E-state index < -0.39 is 11.3 Å². The summed E-state index contributed by atoms with van der Waals surface area (Å²) in [5, 5.41) is 26.2. The lowest BCUT2D eigenvalue weighted by Gasteiger charge is -2.09. The lowest BCUT2D eigenvalue weighted by molar-refractivity contribution is 0.470. The van der Waals surface area contributed by atoms with Gasteiger partial charge in [0.15, 0.2) is 10.3 Å². The number of anilines is 2. The normalized spacial score (nSPS) is 11.5. The van der Waals surface area contributed by atoms with Gasteiger partial charge in [0.2, 0.25) is 0 Å². The van der Waals surface area contributed by atoms with E-state index in [-0.39, 0.29) is 55.4 Å². The average Bonchev–Trinajstić information content (AvgIpc) is 3.48. The highest BCUT2D eigenvalue weighted by Gasteiger charge is 2.20. The van der Waals surface area contributed by atoms with Crippen molar-refractivity contribution >= 4 is 54.9 Å². The molecule has 2 aromatic carbocycles. The Hall–Kier alpha value is -4.68. The summed E-state index contributed by atoms with van der Waals surface area (Å²) in [5.41, 5.74) is 12.3. The van der Waals surface area contributed by atoms with Crippen LogP contribution in [0.3, 0.4) is 0 Å². The van der Waals surface area contributed by atoms with Gasteiger partial charge in [0, 0.05) is 10.8 Å². The maximum absolute atomic E-state index is 12.5. The van der Waals surface area contributed by atoms with E-state index in [1.165, 1.54) is 0 Å². The molecule has 10 nitrogen and oxygen atoms in total. The van der Waals surface area contributed by atoms with Crippen molar-refractivity contribution in [2.75, 3.05) is 11.5 Å². The summed E-state index contributed by atoms with van der Waals surface area (Å²) < 4.78 is 10.8. The third-order valence-corrected chi connectivity index (χ3v) is 7.20. The number of aromatic nitrogens is 2. The zero-order valence-electron chi connectivity index (χ0n) is 18.7. The minimum Gasteiger partial charge on any atom is -0.506 e. The molecule has 4 heterocycles. The highest BCUT2D eigenvalue weighted by molar-refractivity contribution is 7.14. The van der Waals surface area contributed by atoms with Crippen molar-refractivity contribution in [3.05, 3.63) is 79.1 Å². The number of fused-ring (bicyclic) bond motifs is 2. The van der Waals surface area contributed by atoms with Crippen LogP contribution in [0.5, 0.6) is 11.5 Å². The number of nitrogen functional groups attached to an aromatic ring is 2. The van der Waals surface area contributed by atoms with Crippen LogP contribution < -0.4 is 22.7 Å². The summed E-state index contributed by atoms with van der Waals surface area (Å²) in [4.78, 5) is 33.1. The van der Waals surface area contributed by atoms with Crippen molar-refractivity contribution in [1.82, 2.24) is 9.97 Å². The highest BCUT2D eigenvalue weighted by atomic mass is 32.1. The molecule has 0 saturated carbocycles. The van der Waals surface area contributed by atoms with E-state index in [0.717, 1.165) is 33.8 Å². The molecule has 0 bridgehead atoms. The molecule has 0 aliphatic carbocycles. The van der Waals surface area contributed by atoms with Crippen molar-refractivity contribution < 1.29 is 19.0 Å². The molecule has 0 unspecified atom stereocenters. The third kappa shape index (κ3) is 3.88. The molecule has 6 aromatic rings. The molecule has 0 aliphatic heterocycles. The minimum absolute atomic E-state index is 0.0570. The number of rotatable bonds is 4. The van der Waals surface area contributed by atoms with Crippen LogP contribution in [-0.2, 0) is 6.42 Å². The van der Waals surface area contributed by atoms with E-state index >= 15 is 0 Å². The molecule has 0 spiro atoms. The Labute approximate surface area is 214 Å². The van der Waals surface area contributed by atoms with Gasteiger partial charge in [0.05, 0.1) is 22.2 Å². The lowest BCUT2D eigenvalue weighted by Crippen LogP contribution is -2.04. The van der Waals surface area contributed by atoms with E-state index in [1.807, 2.05) is 0 Å². The van der Waals surface area contributed by atoms with Gasteiger partial charge in [-0.3, -0.25) is 0 Å². The molecular weight excluding hydrogens is 516 g/mol. The van der Waals surface area contributed by atoms with Crippen LogP contribution in [0.1, 0.15) is 11.1 Å². The topological polar surface area (TPSA) is 179 Å². The fourth-order valence-electron chi connectivity index (χ4n) is 4.18. The van der Waals surface area contributed by atoms with Crippen LogP contribution in [-0.4, -0.2) is 20.2 Å². The van der Waals surface area contributed by atoms with Gasteiger partial charge in [-0.1, -0.05) is 12.1 Å². The third-order valence-electron chi connectivity index (χ3n) is 5.85. The molecule has 0 fully saturated rings. The number of benzene rings is 2. The SMILES string of the molecule is Nc1nc(-c2c(O)c3cc(Cc4ccc5oc(=O)c(-c6csc(N)n6)c(O)c5c4)ccc3oc2=O)cs1. The van der Waals surface area contributed by atoms with E-state index in [0.29, 0.717) is 17.2 Å². The largest absolute Gasteiger partial charge is 0.506 e. The smallest absolute Gasteiger partial charge is 0.349 e. The maximum Gasteiger partial charge on any atom is 0.349 e. The highest BCUT2D eigenvalue weighted by Crippen LogP contribution is 2.36. The first-order valence-corrected chi connectivity index (χ1v) is 12.5. The molecule has 0 atom stereocenters. The first-order valence-electron chi connectivity index (χ1n) is 10.8. The molecule has 37 heavy (non-hydrogen) atoms. The van der Waals surface area contributed by atoms with Crippen molar-refractivity contribution in [2.24, 2.45) is 0 Å². The molecule has 4 aromatic heterocycles. The minimum atomic E-state index is -0.716. The monoisotopic (exact) mass is 532 g/mol. The van der Waals surface area contributed by atoms with Gasteiger partial charge in [-0.05, 0) is 41.8 Å². The Balaban J connectivity index is 1.42. The molecule has 0 radical (unpaired) electrons. The number of hydrogen-bond acceptors (Lipinski definition) is 12. The van der Waals surface area contributed by atoms with Crippen molar-refractivity contribution in [1.29, 1.82) is 0 Å². The van der Waals surface area contributed by atoms with E-state index in [9.17, 15) is 19.8 Å². The number of thiazole rings is 2. The molecule has 6 N–H and O–H groups in total. The number of hydrogen-bond donors (Lipinski definition) is 4. The van der Waals surface area contributed by atoms with Gasteiger partial charge >= 0.3 is 11.3 Å². The van der Waals surface area contributed by atoms with Gasteiger partial charge in [0.25, 0.3) is 0 Å². The van der Waals surface area contributed by atoms with Crippen molar-refractivity contribution in [3.8, 4) is 34.0 Å². The Morgan fingerprint density at radius 2 is 1.16 bits per heavy atom. The first kappa shape index (κ1) is 22.8. The molecule has 0 amide bonds. The molecule has 0 aliphatic rings. The molecule has 6 rings (SSSR count). The number of nitrogens with two attached hydrogens (primary N) is 2. The molecular formula is C25H16N4O6S2. The predicted octanol–water partition coefficient (Wildman–Crippen LogP) is 4.31. The Morgan fingerprint density at radius 3 is 1.54 bits per heavy atom. The second-order valence-electron chi connectivity index (χ2n) is 8.21. The van der Waals surface area contributed by atoms with E-state index in [2.05, 4.69) is 9.97 Å². The Morgan fingerprint density at radius 1 is 0.730 bits per heavy atom. The molecule has 184 valence electrons. The van der Waals surface area contributed by atoms with Crippen LogP contribution in [0.2, 0.25) is 0 Å². The van der Waals surface area contributed by atoms with Crippen molar-refractivity contribution in [3.63, 3.8) is 0 Å². The fraction of sp³-hybridized carbons (Fsp3) is 0.0400. The van der Waals surface area contributed by atoms with Crippen LogP contribution >= 0.6 is 22.7 Å².